The molecule has 1 aromatic carbocycles. The highest BCUT2D eigenvalue weighted by Crippen LogP contribution is 2.40. The zero-order valence-electron chi connectivity index (χ0n) is 16.4. The Morgan fingerprint density at radius 1 is 1.10 bits per heavy atom. The summed E-state index contributed by atoms with van der Waals surface area (Å²) >= 11 is 5.79. The summed E-state index contributed by atoms with van der Waals surface area (Å²) in [6.07, 6.45) is 9.30. The molecule has 3 heterocycles. The standard InChI is InChI=1S/C23H21ClFN3O2/c1-2-16-5-3-6-17(11-16)21(29)28-10-8-23(15-28)7-4-9-27(14-23)22(30)18-12-19(24)20(25)26-13-18/h1,3,5-6,11-13H,4,7-10,14-15H2. The van der Waals surface area contributed by atoms with Crippen LogP contribution in [-0.4, -0.2) is 52.8 Å². The minimum absolute atomic E-state index is 0.0399. The van der Waals surface area contributed by atoms with Crippen LogP contribution in [0.3, 0.4) is 0 Å². The number of terminal acetylenes is 1. The number of piperidine rings is 1. The van der Waals surface area contributed by atoms with Crippen LogP contribution in [0.15, 0.2) is 36.5 Å². The lowest BCUT2D eigenvalue weighted by Crippen LogP contribution is -2.47. The van der Waals surface area contributed by atoms with E-state index in [0.29, 0.717) is 37.3 Å². The largest absolute Gasteiger partial charge is 0.338 e. The Balaban J connectivity index is 1.47. The highest BCUT2D eigenvalue weighted by molar-refractivity contribution is 6.30. The quantitative estimate of drug-likeness (QED) is 0.545. The highest BCUT2D eigenvalue weighted by atomic mass is 35.5. The Kier molecular flexibility index (Phi) is 5.48. The molecule has 1 spiro atoms. The van der Waals surface area contributed by atoms with Gasteiger partial charge in [0.1, 0.15) is 0 Å². The van der Waals surface area contributed by atoms with Crippen molar-refractivity contribution in [2.45, 2.75) is 19.3 Å². The van der Waals surface area contributed by atoms with E-state index in [2.05, 4.69) is 10.9 Å². The number of pyridine rings is 1. The molecular weight excluding hydrogens is 405 g/mol. The van der Waals surface area contributed by atoms with Gasteiger partial charge in [-0.3, -0.25) is 9.59 Å². The smallest absolute Gasteiger partial charge is 0.255 e. The van der Waals surface area contributed by atoms with Crippen molar-refractivity contribution in [2.75, 3.05) is 26.2 Å². The van der Waals surface area contributed by atoms with Crippen molar-refractivity contribution in [2.24, 2.45) is 5.41 Å². The lowest BCUT2D eigenvalue weighted by Gasteiger charge is -2.40. The minimum atomic E-state index is -0.790. The highest BCUT2D eigenvalue weighted by Gasteiger charge is 2.44. The molecule has 2 fully saturated rings. The number of likely N-dealkylation sites (tertiary alicyclic amines) is 2. The number of benzene rings is 1. The predicted molar refractivity (Wildman–Crippen MR) is 112 cm³/mol. The van der Waals surface area contributed by atoms with Crippen molar-refractivity contribution in [1.82, 2.24) is 14.8 Å². The summed E-state index contributed by atoms with van der Waals surface area (Å²) < 4.78 is 13.3. The van der Waals surface area contributed by atoms with Crippen LogP contribution in [0.4, 0.5) is 4.39 Å². The second-order valence-corrected chi connectivity index (χ2v) is 8.44. The molecule has 2 aromatic rings. The van der Waals surface area contributed by atoms with E-state index in [4.69, 9.17) is 18.0 Å². The molecule has 7 heteroatoms. The van der Waals surface area contributed by atoms with Gasteiger partial charge in [0.05, 0.1) is 10.6 Å². The van der Waals surface area contributed by atoms with Gasteiger partial charge in [0.15, 0.2) is 0 Å². The Hall–Kier alpha value is -2.91. The fraction of sp³-hybridized carbons (Fsp3) is 0.348. The maximum absolute atomic E-state index is 13.3. The van der Waals surface area contributed by atoms with Crippen LogP contribution in [0.25, 0.3) is 0 Å². The van der Waals surface area contributed by atoms with Gasteiger partial charge in [-0.15, -0.1) is 6.42 Å². The third-order valence-electron chi connectivity index (χ3n) is 5.99. The fourth-order valence-corrected chi connectivity index (χ4v) is 4.63. The van der Waals surface area contributed by atoms with Gasteiger partial charge in [-0.25, -0.2) is 4.98 Å². The second-order valence-electron chi connectivity index (χ2n) is 8.03. The summed E-state index contributed by atoms with van der Waals surface area (Å²) in [5, 5.41) is -0.167. The van der Waals surface area contributed by atoms with E-state index < -0.39 is 5.95 Å². The molecule has 154 valence electrons. The predicted octanol–water partition coefficient (Wildman–Crippen LogP) is 3.62. The van der Waals surface area contributed by atoms with Gasteiger partial charge in [-0.1, -0.05) is 23.6 Å². The maximum atomic E-state index is 13.3. The van der Waals surface area contributed by atoms with Gasteiger partial charge < -0.3 is 9.80 Å². The van der Waals surface area contributed by atoms with Crippen LogP contribution in [-0.2, 0) is 0 Å². The Bertz CT molecular complexity index is 1050. The average Bonchev–Trinajstić information content (AvgIpc) is 3.17. The Morgan fingerprint density at radius 3 is 2.57 bits per heavy atom. The van der Waals surface area contributed by atoms with E-state index in [1.165, 1.54) is 12.3 Å². The molecule has 0 radical (unpaired) electrons. The van der Waals surface area contributed by atoms with Crippen molar-refractivity contribution in [3.05, 3.63) is 64.2 Å². The maximum Gasteiger partial charge on any atom is 0.255 e. The molecule has 0 N–H and O–H groups in total. The lowest BCUT2D eigenvalue weighted by atomic mass is 9.79. The van der Waals surface area contributed by atoms with Crippen LogP contribution < -0.4 is 0 Å². The molecule has 2 saturated heterocycles. The first kappa shape index (κ1) is 20.4. The monoisotopic (exact) mass is 425 g/mol. The van der Waals surface area contributed by atoms with E-state index in [1.807, 2.05) is 4.90 Å². The molecule has 0 bridgehead atoms. The van der Waals surface area contributed by atoms with Gasteiger partial charge in [0, 0.05) is 48.9 Å². The number of rotatable bonds is 2. The van der Waals surface area contributed by atoms with E-state index in [9.17, 15) is 14.0 Å². The van der Waals surface area contributed by atoms with Crippen molar-refractivity contribution < 1.29 is 14.0 Å². The first-order chi connectivity index (χ1) is 14.4. The lowest BCUT2D eigenvalue weighted by molar-refractivity contribution is 0.0515. The number of carbonyl (C=O) groups excluding carboxylic acids is 2. The van der Waals surface area contributed by atoms with Crippen LogP contribution in [0.1, 0.15) is 45.5 Å². The molecule has 30 heavy (non-hydrogen) atoms. The molecule has 0 aliphatic carbocycles. The van der Waals surface area contributed by atoms with Crippen LogP contribution in [0, 0.1) is 23.7 Å². The number of hydrogen-bond donors (Lipinski definition) is 0. The van der Waals surface area contributed by atoms with Gasteiger partial charge >= 0.3 is 0 Å². The average molecular weight is 426 g/mol. The topological polar surface area (TPSA) is 53.5 Å². The molecule has 2 amide bonds. The first-order valence-electron chi connectivity index (χ1n) is 9.87. The Labute approximate surface area is 179 Å². The summed E-state index contributed by atoms with van der Waals surface area (Å²) in [4.78, 5) is 33.0. The summed E-state index contributed by atoms with van der Waals surface area (Å²) in [7, 11) is 0. The Morgan fingerprint density at radius 2 is 1.83 bits per heavy atom. The summed E-state index contributed by atoms with van der Waals surface area (Å²) in [6.45, 7) is 2.41. The van der Waals surface area contributed by atoms with Gasteiger partial charge in [0.2, 0.25) is 5.95 Å². The van der Waals surface area contributed by atoms with Gasteiger partial charge in [-0.05, 0) is 43.5 Å². The van der Waals surface area contributed by atoms with Crippen molar-refractivity contribution in [1.29, 1.82) is 0 Å². The summed E-state index contributed by atoms with van der Waals surface area (Å²) in [5.41, 5.74) is 1.40. The van der Waals surface area contributed by atoms with E-state index in [1.54, 1.807) is 29.2 Å². The molecule has 1 atom stereocenters. The molecule has 1 aromatic heterocycles. The molecule has 4 rings (SSSR count). The number of aromatic nitrogens is 1. The molecule has 2 aliphatic rings. The minimum Gasteiger partial charge on any atom is -0.338 e. The van der Waals surface area contributed by atoms with Crippen LogP contribution >= 0.6 is 11.6 Å². The summed E-state index contributed by atoms with van der Waals surface area (Å²) in [6, 6.07) is 8.41. The van der Waals surface area contributed by atoms with E-state index in [-0.39, 0.29) is 27.8 Å². The molecular formula is C23H21ClFN3O2. The van der Waals surface area contributed by atoms with Gasteiger partial charge in [-0.2, -0.15) is 4.39 Å². The van der Waals surface area contributed by atoms with Crippen molar-refractivity contribution >= 4 is 23.4 Å². The third-order valence-corrected chi connectivity index (χ3v) is 6.26. The van der Waals surface area contributed by atoms with E-state index >= 15 is 0 Å². The molecule has 2 aliphatic heterocycles. The third kappa shape index (κ3) is 3.90. The molecule has 0 saturated carbocycles. The first-order valence-corrected chi connectivity index (χ1v) is 10.2. The number of amides is 2. The zero-order chi connectivity index (χ0) is 21.3. The van der Waals surface area contributed by atoms with E-state index in [0.717, 1.165) is 19.3 Å². The van der Waals surface area contributed by atoms with Crippen molar-refractivity contribution in [3.63, 3.8) is 0 Å². The number of hydrogen-bond acceptors (Lipinski definition) is 3. The van der Waals surface area contributed by atoms with Crippen molar-refractivity contribution in [3.8, 4) is 12.3 Å². The molecule has 5 nitrogen and oxygen atoms in total. The number of halogens is 2. The van der Waals surface area contributed by atoms with Gasteiger partial charge in [0.25, 0.3) is 11.8 Å². The SMILES string of the molecule is C#Cc1cccc(C(=O)N2CCC3(CCCN(C(=O)c4cnc(F)c(Cl)c4)C3)C2)c1. The van der Waals surface area contributed by atoms with Crippen LogP contribution in [0.5, 0.6) is 0 Å². The molecule has 1 unspecified atom stereocenters. The normalized spacial score (nSPS) is 21.0. The zero-order valence-corrected chi connectivity index (χ0v) is 17.2. The summed E-state index contributed by atoms with van der Waals surface area (Å²) in [5.74, 6) is 1.52. The fourth-order valence-electron chi connectivity index (χ4n) is 4.47. The van der Waals surface area contributed by atoms with Crippen LogP contribution in [0.2, 0.25) is 5.02 Å². The second kappa shape index (κ2) is 8.08. The number of nitrogens with zero attached hydrogens (tertiary/aromatic N) is 3. The number of carbonyl (C=O) groups is 2.